The van der Waals surface area contributed by atoms with Gasteiger partial charge in [-0.15, -0.1) is 0 Å². The van der Waals surface area contributed by atoms with E-state index in [1.165, 1.54) is 12.1 Å². The Hall–Kier alpha value is -2.33. The molecule has 0 radical (unpaired) electrons. The van der Waals surface area contributed by atoms with Gasteiger partial charge in [-0.1, -0.05) is 18.2 Å². The Bertz CT molecular complexity index is 771. The van der Waals surface area contributed by atoms with E-state index >= 15 is 0 Å². The molecule has 3 aromatic rings. The number of hydrogen-bond acceptors (Lipinski definition) is 2. The van der Waals surface area contributed by atoms with Crippen LogP contribution in [0.15, 0.2) is 54.7 Å². The van der Waals surface area contributed by atoms with Gasteiger partial charge in [0, 0.05) is 23.2 Å². The lowest BCUT2D eigenvalue weighted by molar-refractivity contribution is 0.566. The Balaban J connectivity index is 2.05. The number of nitrogens with two attached hydrogens (primary N) is 1. The van der Waals surface area contributed by atoms with Gasteiger partial charge in [0.25, 0.3) is 0 Å². The SMILES string of the molecule is NC(c1ccc2ncccc2c1)c1ccc(F)cc1F. The summed E-state index contributed by atoms with van der Waals surface area (Å²) in [6, 6.07) is 12.1. The number of hydrogen-bond donors (Lipinski definition) is 1. The summed E-state index contributed by atoms with van der Waals surface area (Å²) in [5, 5.41) is 0.933. The minimum atomic E-state index is -0.639. The molecule has 2 nitrogen and oxygen atoms in total. The van der Waals surface area contributed by atoms with Crippen molar-refractivity contribution < 1.29 is 8.78 Å². The molecular formula is C16H12F2N2. The topological polar surface area (TPSA) is 38.9 Å². The lowest BCUT2D eigenvalue weighted by Crippen LogP contribution is -2.13. The van der Waals surface area contributed by atoms with Gasteiger partial charge in [0.1, 0.15) is 11.6 Å². The summed E-state index contributed by atoms with van der Waals surface area (Å²) in [6.45, 7) is 0. The van der Waals surface area contributed by atoms with Crippen LogP contribution in [0.1, 0.15) is 17.2 Å². The number of nitrogens with zero attached hydrogens (tertiary/aromatic N) is 1. The van der Waals surface area contributed by atoms with Gasteiger partial charge >= 0.3 is 0 Å². The fourth-order valence-electron chi connectivity index (χ4n) is 2.22. The molecule has 1 aromatic heterocycles. The Kier molecular flexibility index (Phi) is 3.16. The molecule has 0 aliphatic rings. The summed E-state index contributed by atoms with van der Waals surface area (Å²) >= 11 is 0. The van der Waals surface area contributed by atoms with Crippen LogP contribution >= 0.6 is 0 Å². The predicted molar refractivity (Wildman–Crippen MR) is 74.1 cm³/mol. The summed E-state index contributed by atoms with van der Waals surface area (Å²) in [5.74, 6) is -1.25. The molecule has 0 aliphatic heterocycles. The molecule has 4 heteroatoms. The van der Waals surface area contributed by atoms with Crippen molar-refractivity contribution in [2.75, 3.05) is 0 Å². The quantitative estimate of drug-likeness (QED) is 0.773. The average molecular weight is 270 g/mol. The van der Waals surface area contributed by atoms with Gasteiger partial charge in [-0.2, -0.15) is 0 Å². The monoisotopic (exact) mass is 270 g/mol. The highest BCUT2D eigenvalue weighted by Gasteiger charge is 2.14. The molecule has 2 N–H and O–H groups in total. The molecule has 0 amide bonds. The molecule has 0 saturated heterocycles. The fraction of sp³-hybridized carbons (Fsp3) is 0.0625. The number of rotatable bonds is 2. The number of aromatic nitrogens is 1. The summed E-state index contributed by atoms with van der Waals surface area (Å²) < 4.78 is 26.7. The fourth-order valence-corrected chi connectivity index (χ4v) is 2.22. The zero-order chi connectivity index (χ0) is 14.1. The Labute approximate surface area is 114 Å². The molecule has 2 aromatic carbocycles. The number of pyridine rings is 1. The van der Waals surface area contributed by atoms with Gasteiger partial charge in [0.15, 0.2) is 0 Å². The van der Waals surface area contributed by atoms with Crippen LogP contribution in [0.2, 0.25) is 0 Å². The maximum atomic E-state index is 13.8. The lowest BCUT2D eigenvalue weighted by atomic mass is 9.97. The Morgan fingerprint density at radius 3 is 2.65 bits per heavy atom. The summed E-state index contributed by atoms with van der Waals surface area (Å²) in [7, 11) is 0. The van der Waals surface area contributed by atoms with Crippen molar-refractivity contribution in [1.82, 2.24) is 4.98 Å². The van der Waals surface area contributed by atoms with E-state index in [-0.39, 0.29) is 5.56 Å². The van der Waals surface area contributed by atoms with Crippen molar-refractivity contribution in [3.8, 4) is 0 Å². The van der Waals surface area contributed by atoms with Gasteiger partial charge in [-0.25, -0.2) is 8.78 Å². The minimum absolute atomic E-state index is 0.273. The van der Waals surface area contributed by atoms with E-state index in [1.54, 1.807) is 6.20 Å². The minimum Gasteiger partial charge on any atom is -0.320 e. The molecule has 0 spiro atoms. The van der Waals surface area contributed by atoms with Crippen molar-refractivity contribution in [2.45, 2.75) is 6.04 Å². The molecule has 1 heterocycles. The van der Waals surface area contributed by atoms with E-state index in [2.05, 4.69) is 4.98 Å². The first-order valence-corrected chi connectivity index (χ1v) is 6.20. The van der Waals surface area contributed by atoms with Crippen molar-refractivity contribution >= 4 is 10.9 Å². The summed E-state index contributed by atoms with van der Waals surface area (Å²) in [4.78, 5) is 4.22. The molecule has 0 aliphatic carbocycles. The van der Waals surface area contributed by atoms with Crippen LogP contribution in [-0.2, 0) is 0 Å². The van der Waals surface area contributed by atoms with Gasteiger partial charge in [0.05, 0.1) is 11.6 Å². The standard InChI is InChI=1S/C16H12F2N2/c17-12-4-5-13(14(18)9-12)16(19)11-3-6-15-10(8-11)2-1-7-20-15/h1-9,16H,19H2. The second-order valence-corrected chi connectivity index (χ2v) is 4.60. The van der Waals surface area contributed by atoms with Gasteiger partial charge in [-0.05, 0) is 29.8 Å². The number of benzene rings is 2. The highest BCUT2D eigenvalue weighted by atomic mass is 19.1. The third kappa shape index (κ3) is 2.26. The van der Waals surface area contributed by atoms with Crippen LogP contribution in [0.5, 0.6) is 0 Å². The van der Waals surface area contributed by atoms with E-state index in [4.69, 9.17) is 5.73 Å². The largest absolute Gasteiger partial charge is 0.320 e. The predicted octanol–water partition coefficient (Wildman–Crippen LogP) is 3.56. The molecule has 0 bridgehead atoms. The van der Waals surface area contributed by atoms with Crippen molar-refractivity contribution in [2.24, 2.45) is 5.73 Å². The number of fused-ring (bicyclic) bond motifs is 1. The van der Waals surface area contributed by atoms with Crippen LogP contribution < -0.4 is 5.73 Å². The zero-order valence-electron chi connectivity index (χ0n) is 10.6. The molecule has 20 heavy (non-hydrogen) atoms. The van der Waals surface area contributed by atoms with Crippen LogP contribution in [0.25, 0.3) is 10.9 Å². The molecule has 0 fully saturated rings. The zero-order valence-corrected chi connectivity index (χ0v) is 10.6. The van der Waals surface area contributed by atoms with E-state index in [0.717, 1.165) is 22.5 Å². The lowest BCUT2D eigenvalue weighted by Gasteiger charge is -2.14. The average Bonchev–Trinajstić information content (AvgIpc) is 2.46. The molecule has 3 rings (SSSR count). The molecule has 0 saturated carbocycles. The van der Waals surface area contributed by atoms with Gasteiger partial charge in [0.2, 0.25) is 0 Å². The Morgan fingerprint density at radius 2 is 1.85 bits per heavy atom. The van der Waals surface area contributed by atoms with Crippen LogP contribution in [0, 0.1) is 11.6 Å². The smallest absolute Gasteiger partial charge is 0.131 e. The van der Waals surface area contributed by atoms with Gasteiger partial charge < -0.3 is 5.73 Å². The van der Waals surface area contributed by atoms with Crippen LogP contribution in [0.4, 0.5) is 8.78 Å². The molecular weight excluding hydrogens is 258 g/mol. The maximum absolute atomic E-state index is 13.8. The maximum Gasteiger partial charge on any atom is 0.131 e. The Morgan fingerprint density at radius 1 is 1.00 bits per heavy atom. The highest BCUT2D eigenvalue weighted by molar-refractivity contribution is 5.79. The first-order chi connectivity index (χ1) is 9.65. The molecule has 1 unspecified atom stereocenters. The third-order valence-electron chi connectivity index (χ3n) is 3.28. The first kappa shape index (κ1) is 12.7. The third-order valence-corrected chi connectivity index (χ3v) is 3.28. The molecule has 1 atom stereocenters. The first-order valence-electron chi connectivity index (χ1n) is 6.20. The normalized spacial score (nSPS) is 12.6. The molecule has 100 valence electrons. The van der Waals surface area contributed by atoms with Gasteiger partial charge in [-0.3, -0.25) is 4.98 Å². The van der Waals surface area contributed by atoms with Crippen molar-refractivity contribution in [1.29, 1.82) is 0 Å². The highest BCUT2D eigenvalue weighted by Crippen LogP contribution is 2.25. The second kappa shape index (κ2) is 4.98. The van der Waals surface area contributed by atoms with E-state index in [1.807, 2.05) is 30.3 Å². The van der Waals surface area contributed by atoms with Crippen LogP contribution in [-0.4, -0.2) is 4.98 Å². The van der Waals surface area contributed by atoms with Crippen molar-refractivity contribution in [3.63, 3.8) is 0 Å². The van der Waals surface area contributed by atoms with Crippen molar-refractivity contribution in [3.05, 3.63) is 77.5 Å². The van der Waals surface area contributed by atoms with E-state index in [0.29, 0.717) is 0 Å². The second-order valence-electron chi connectivity index (χ2n) is 4.60. The van der Waals surface area contributed by atoms with E-state index in [9.17, 15) is 8.78 Å². The number of halogens is 2. The van der Waals surface area contributed by atoms with Crippen LogP contribution in [0.3, 0.4) is 0 Å². The summed E-state index contributed by atoms with van der Waals surface area (Å²) in [6.07, 6.45) is 1.71. The summed E-state index contributed by atoms with van der Waals surface area (Å²) in [5.41, 5.74) is 7.96. The van der Waals surface area contributed by atoms with E-state index < -0.39 is 17.7 Å².